The maximum Gasteiger partial charge on any atom is 0.422 e. The van der Waals surface area contributed by atoms with Gasteiger partial charge < -0.3 is 15.0 Å². The number of nitrogens with one attached hydrogen (secondary N) is 1. The number of carbonyl (C=O) groups excluding carboxylic acids is 1. The molecule has 2 atom stereocenters. The van der Waals surface area contributed by atoms with Crippen molar-refractivity contribution in [3.63, 3.8) is 0 Å². The first kappa shape index (κ1) is 17.0. The Morgan fingerprint density at radius 3 is 2.46 bits per heavy atom. The number of carbonyl (C=O) groups is 1. The van der Waals surface area contributed by atoms with Crippen LogP contribution in [0.5, 0.6) is 5.88 Å². The summed E-state index contributed by atoms with van der Waals surface area (Å²) in [5, 5.41) is 3.39. The number of pyridine rings is 1. The Hall–Kier alpha value is -1.83. The molecule has 1 aromatic heterocycles. The molecule has 0 unspecified atom stereocenters. The minimum absolute atomic E-state index is 0.127. The molecule has 3 heterocycles. The lowest BCUT2D eigenvalue weighted by molar-refractivity contribution is -0.154. The minimum atomic E-state index is -4.41. The van der Waals surface area contributed by atoms with Gasteiger partial charge in [-0.1, -0.05) is 0 Å². The lowest BCUT2D eigenvalue weighted by atomic mass is 9.92. The molecule has 3 rings (SSSR count). The summed E-state index contributed by atoms with van der Waals surface area (Å²) in [5.74, 6) is 0.983. The number of rotatable bonds is 3. The maximum atomic E-state index is 12.6. The molecule has 2 aliphatic heterocycles. The van der Waals surface area contributed by atoms with E-state index in [0.29, 0.717) is 30.5 Å². The topological polar surface area (TPSA) is 54.5 Å². The molecule has 0 bridgehead atoms. The highest BCUT2D eigenvalue weighted by molar-refractivity contribution is 5.94. The van der Waals surface area contributed by atoms with Crippen LogP contribution in [0.4, 0.5) is 13.2 Å². The molecule has 0 aromatic carbocycles. The minimum Gasteiger partial charge on any atom is -0.468 e. The van der Waals surface area contributed by atoms with Crippen LogP contribution in [0.15, 0.2) is 18.3 Å². The smallest absolute Gasteiger partial charge is 0.422 e. The van der Waals surface area contributed by atoms with Crippen molar-refractivity contribution in [3.05, 3.63) is 23.9 Å². The summed E-state index contributed by atoms with van der Waals surface area (Å²) in [6, 6.07) is 2.77. The largest absolute Gasteiger partial charge is 0.468 e. The molecule has 0 radical (unpaired) electrons. The van der Waals surface area contributed by atoms with Crippen LogP contribution >= 0.6 is 0 Å². The van der Waals surface area contributed by atoms with Crippen molar-refractivity contribution in [3.8, 4) is 5.88 Å². The molecule has 24 heavy (non-hydrogen) atoms. The van der Waals surface area contributed by atoms with Crippen molar-refractivity contribution in [1.29, 1.82) is 0 Å². The van der Waals surface area contributed by atoms with Gasteiger partial charge in [0.25, 0.3) is 5.91 Å². The van der Waals surface area contributed by atoms with Gasteiger partial charge in [-0.15, -0.1) is 0 Å². The van der Waals surface area contributed by atoms with Crippen molar-refractivity contribution >= 4 is 5.91 Å². The average Bonchev–Trinajstić information content (AvgIpc) is 2.91. The van der Waals surface area contributed by atoms with Gasteiger partial charge in [0, 0.05) is 25.4 Å². The number of hydrogen-bond donors (Lipinski definition) is 1. The Morgan fingerprint density at radius 1 is 1.25 bits per heavy atom. The third-order valence-corrected chi connectivity index (χ3v) is 4.67. The van der Waals surface area contributed by atoms with Crippen LogP contribution < -0.4 is 10.1 Å². The highest BCUT2D eigenvalue weighted by Gasteiger charge is 2.32. The number of likely N-dealkylation sites (tertiary alicyclic amines) is 1. The molecule has 132 valence electrons. The van der Waals surface area contributed by atoms with Gasteiger partial charge in [-0.05, 0) is 43.8 Å². The van der Waals surface area contributed by atoms with Gasteiger partial charge in [-0.3, -0.25) is 4.79 Å². The molecular formula is C16H20F3N3O2. The Balaban J connectivity index is 1.58. The molecule has 1 aromatic rings. The van der Waals surface area contributed by atoms with E-state index in [9.17, 15) is 18.0 Å². The SMILES string of the molecule is O=C(c1ccc(OCC(F)(F)F)nc1)N1CC[C@@H]2CNC[C@@H]2CC1. The number of hydrogen-bond acceptors (Lipinski definition) is 4. The fraction of sp³-hybridized carbons (Fsp3) is 0.625. The first-order chi connectivity index (χ1) is 11.4. The van der Waals surface area contributed by atoms with Gasteiger partial charge in [0.2, 0.25) is 5.88 Å². The first-order valence-electron chi connectivity index (χ1n) is 8.08. The van der Waals surface area contributed by atoms with Gasteiger partial charge in [-0.25, -0.2) is 4.98 Å². The standard InChI is InChI=1S/C16H20F3N3O2/c17-16(18,19)10-24-14-2-1-13(9-21-14)15(23)22-5-3-11-7-20-8-12(11)4-6-22/h1-2,9,11-12,20H,3-8,10H2/t11-,12+. The quantitative estimate of drug-likeness (QED) is 0.913. The fourth-order valence-corrected chi connectivity index (χ4v) is 3.35. The summed E-state index contributed by atoms with van der Waals surface area (Å²) >= 11 is 0. The van der Waals surface area contributed by atoms with Gasteiger partial charge in [0.1, 0.15) is 0 Å². The predicted molar refractivity (Wildman–Crippen MR) is 80.8 cm³/mol. The summed E-state index contributed by atoms with van der Waals surface area (Å²) in [5.41, 5.74) is 0.375. The van der Waals surface area contributed by atoms with E-state index in [1.807, 2.05) is 4.90 Å². The molecule has 2 fully saturated rings. The van der Waals surface area contributed by atoms with E-state index in [1.54, 1.807) is 0 Å². The molecule has 0 saturated carbocycles. The number of alkyl halides is 3. The van der Waals surface area contributed by atoms with E-state index in [4.69, 9.17) is 0 Å². The van der Waals surface area contributed by atoms with E-state index in [1.165, 1.54) is 18.3 Å². The molecule has 8 heteroatoms. The van der Waals surface area contributed by atoms with E-state index >= 15 is 0 Å². The summed E-state index contributed by atoms with van der Waals surface area (Å²) in [7, 11) is 0. The summed E-state index contributed by atoms with van der Waals surface area (Å²) < 4.78 is 40.9. The summed E-state index contributed by atoms with van der Waals surface area (Å²) in [6.45, 7) is 2.04. The zero-order valence-electron chi connectivity index (χ0n) is 13.2. The molecular weight excluding hydrogens is 323 g/mol. The number of fused-ring (bicyclic) bond motifs is 1. The van der Waals surface area contributed by atoms with Gasteiger partial charge >= 0.3 is 6.18 Å². The third kappa shape index (κ3) is 4.17. The maximum absolute atomic E-state index is 12.6. The molecule has 0 aliphatic carbocycles. The Labute approximate surface area is 138 Å². The van der Waals surface area contributed by atoms with Crippen molar-refractivity contribution in [1.82, 2.24) is 15.2 Å². The van der Waals surface area contributed by atoms with Gasteiger partial charge in [-0.2, -0.15) is 13.2 Å². The number of halogens is 3. The molecule has 2 aliphatic rings. The van der Waals surface area contributed by atoms with Crippen molar-refractivity contribution in [2.24, 2.45) is 11.8 Å². The average molecular weight is 343 g/mol. The third-order valence-electron chi connectivity index (χ3n) is 4.67. The lowest BCUT2D eigenvalue weighted by Crippen LogP contribution is -2.32. The Morgan fingerprint density at radius 2 is 1.92 bits per heavy atom. The number of ether oxygens (including phenoxy) is 1. The van der Waals surface area contributed by atoms with Crippen LogP contribution in [0.1, 0.15) is 23.2 Å². The van der Waals surface area contributed by atoms with E-state index in [0.717, 1.165) is 25.9 Å². The Kier molecular flexibility index (Phi) is 4.93. The van der Waals surface area contributed by atoms with Crippen LogP contribution in [0.3, 0.4) is 0 Å². The highest BCUT2D eigenvalue weighted by Crippen LogP contribution is 2.27. The van der Waals surface area contributed by atoms with Crippen LogP contribution in [0.2, 0.25) is 0 Å². The molecule has 1 N–H and O–H groups in total. The van der Waals surface area contributed by atoms with E-state index < -0.39 is 12.8 Å². The van der Waals surface area contributed by atoms with Crippen molar-refractivity contribution < 1.29 is 22.7 Å². The second-order valence-electron chi connectivity index (χ2n) is 6.34. The van der Waals surface area contributed by atoms with Crippen molar-refractivity contribution in [2.45, 2.75) is 19.0 Å². The second kappa shape index (κ2) is 6.96. The van der Waals surface area contributed by atoms with E-state index in [2.05, 4.69) is 15.0 Å². The highest BCUT2D eigenvalue weighted by atomic mass is 19.4. The fourth-order valence-electron chi connectivity index (χ4n) is 3.35. The molecule has 0 spiro atoms. The number of nitrogens with zero attached hydrogens (tertiary/aromatic N) is 2. The van der Waals surface area contributed by atoms with Crippen molar-refractivity contribution in [2.75, 3.05) is 32.8 Å². The summed E-state index contributed by atoms with van der Waals surface area (Å²) in [4.78, 5) is 18.2. The summed E-state index contributed by atoms with van der Waals surface area (Å²) in [6.07, 6.45) is -1.18. The van der Waals surface area contributed by atoms with E-state index in [-0.39, 0.29) is 11.8 Å². The van der Waals surface area contributed by atoms with Crippen LogP contribution in [0, 0.1) is 11.8 Å². The zero-order chi connectivity index (χ0) is 17.2. The Bertz CT molecular complexity index is 563. The van der Waals surface area contributed by atoms with Crippen LogP contribution in [-0.2, 0) is 0 Å². The van der Waals surface area contributed by atoms with Gasteiger partial charge in [0.05, 0.1) is 5.56 Å². The molecule has 5 nitrogen and oxygen atoms in total. The lowest BCUT2D eigenvalue weighted by Gasteiger charge is -2.21. The number of aromatic nitrogens is 1. The normalized spacial score (nSPS) is 24.4. The van der Waals surface area contributed by atoms with Gasteiger partial charge in [0.15, 0.2) is 6.61 Å². The van der Waals surface area contributed by atoms with Crippen LogP contribution in [0.25, 0.3) is 0 Å². The predicted octanol–water partition coefficient (Wildman–Crippen LogP) is 2.09. The second-order valence-corrected chi connectivity index (χ2v) is 6.34. The molecule has 2 saturated heterocycles. The monoisotopic (exact) mass is 343 g/mol. The molecule has 1 amide bonds. The number of amides is 1. The zero-order valence-corrected chi connectivity index (χ0v) is 13.2. The first-order valence-corrected chi connectivity index (χ1v) is 8.08. The van der Waals surface area contributed by atoms with Crippen LogP contribution in [-0.4, -0.2) is 54.8 Å².